The number of nitriles is 1. The van der Waals surface area contributed by atoms with Gasteiger partial charge in [0.2, 0.25) is 0 Å². The van der Waals surface area contributed by atoms with Crippen LogP contribution in [0.4, 0.5) is 11.4 Å². The summed E-state index contributed by atoms with van der Waals surface area (Å²) < 4.78 is 7.50. The van der Waals surface area contributed by atoms with Crippen LogP contribution in [0.2, 0.25) is 0 Å². The van der Waals surface area contributed by atoms with Gasteiger partial charge in [-0.15, -0.1) is 0 Å². The van der Waals surface area contributed by atoms with Gasteiger partial charge in [0.15, 0.2) is 6.29 Å². The first kappa shape index (κ1) is 18.3. The number of nitrogens with zero attached hydrogens (tertiary/aromatic N) is 3. The van der Waals surface area contributed by atoms with E-state index in [1.807, 2.05) is 44.4 Å². The fourth-order valence-electron chi connectivity index (χ4n) is 3.55. The maximum Gasteiger partial charge on any atom is 0.153 e. The smallest absolute Gasteiger partial charge is 0.153 e. The molecule has 0 saturated carbocycles. The number of benzene rings is 2. The molecule has 2 aromatic carbocycles. The van der Waals surface area contributed by atoms with Crippen LogP contribution in [0.5, 0.6) is 0 Å². The molecule has 0 atom stereocenters. The first-order valence-corrected chi connectivity index (χ1v) is 9.16. The molecule has 0 fully saturated rings. The van der Waals surface area contributed by atoms with E-state index in [1.165, 1.54) is 0 Å². The quantitative estimate of drug-likeness (QED) is 0.354. The Labute approximate surface area is 168 Å². The Bertz CT molecular complexity index is 1240. The molecule has 29 heavy (non-hydrogen) atoms. The standard InChI is InChI=1S/C24H19N3O2/c1-26(19-11-9-17(15-25)10-12-19)24-20-6-3-4-7-21(20)27(2)22(24)14-18(16-28)23-8-5-13-29-23/h3-14,16H,1-2H3/b18-14+. The van der Waals surface area contributed by atoms with Crippen LogP contribution < -0.4 is 4.90 Å². The molecule has 5 nitrogen and oxygen atoms in total. The topological polar surface area (TPSA) is 62.2 Å². The zero-order chi connectivity index (χ0) is 20.4. The number of fused-ring (bicyclic) bond motifs is 1. The molecule has 0 N–H and O–H groups in total. The van der Waals surface area contributed by atoms with Crippen molar-refractivity contribution in [2.45, 2.75) is 0 Å². The predicted octanol–water partition coefficient (Wildman–Crippen LogP) is 5.15. The number of aldehydes is 1. The van der Waals surface area contributed by atoms with Gasteiger partial charge < -0.3 is 13.9 Å². The van der Waals surface area contributed by atoms with Crippen LogP contribution >= 0.6 is 0 Å². The summed E-state index contributed by atoms with van der Waals surface area (Å²) in [5.74, 6) is 0.525. The van der Waals surface area contributed by atoms with E-state index < -0.39 is 0 Å². The molecule has 0 aliphatic carbocycles. The van der Waals surface area contributed by atoms with Crippen molar-refractivity contribution in [2.75, 3.05) is 11.9 Å². The highest BCUT2D eigenvalue weighted by atomic mass is 16.3. The molecule has 4 aromatic rings. The third-order valence-electron chi connectivity index (χ3n) is 5.07. The molecule has 142 valence electrons. The van der Waals surface area contributed by atoms with Gasteiger partial charge in [-0.05, 0) is 48.5 Å². The third kappa shape index (κ3) is 3.21. The summed E-state index contributed by atoms with van der Waals surface area (Å²) in [5.41, 5.74) is 4.94. The first-order valence-electron chi connectivity index (χ1n) is 9.16. The maximum absolute atomic E-state index is 11.8. The largest absolute Gasteiger partial charge is 0.464 e. The lowest BCUT2D eigenvalue weighted by molar-refractivity contribution is -0.103. The maximum atomic E-state index is 11.8. The molecule has 0 aliphatic heterocycles. The molecule has 0 aliphatic rings. The van der Waals surface area contributed by atoms with Crippen LogP contribution in [0.15, 0.2) is 71.3 Å². The van der Waals surface area contributed by atoms with Crippen molar-refractivity contribution in [1.82, 2.24) is 4.57 Å². The molecule has 0 amide bonds. The monoisotopic (exact) mass is 381 g/mol. The molecule has 4 rings (SSSR count). The van der Waals surface area contributed by atoms with E-state index in [2.05, 4.69) is 27.7 Å². The normalized spacial score (nSPS) is 11.4. The van der Waals surface area contributed by atoms with Crippen LogP contribution in [0, 0.1) is 11.3 Å². The Hall–Kier alpha value is -4.04. The van der Waals surface area contributed by atoms with E-state index in [-0.39, 0.29) is 0 Å². The van der Waals surface area contributed by atoms with E-state index in [0.29, 0.717) is 16.9 Å². The number of hydrogen-bond donors (Lipinski definition) is 0. The summed E-state index contributed by atoms with van der Waals surface area (Å²) in [4.78, 5) is 13.8. The molecule has 0 saturated heterocycles. The van der Waals surface area contributed by atoms with Crippen molar-refractivity contribution < 1.29 is 9.21 Å². The number of rotatable bonds is 5. The van der Waals surface area contributed by atoms with Crippen LogP contribution in [-0.4, -0.2) is 17.9 Å². The SMILES string of the molecule is CN(c1ccc(C#N)cc1)c1c(/C=C(\C=O)c2ccco2)n(C)c2ccccc12. The number of aromatic nitrogens is 1. The minimum absolute atomic E-state index is 0.468. The van der Waals surface area contributed by atoms with Crippen molar-refractivity contribution in [2.24, 2.45) is 7.05 Å². The average molecular weight is 381 g/mol. The van der Waals surface area contributed by atoms with Gasteiger partial charge in [0.25, 0.3) is 0 Å². The highest BCUT2D eigenvalue weighted by molar-refractivity contribution is 6.14. The minimum Gasteiger partial charge on any atom is -0.464 e. The van der Waals surface area contributed by atoms with Crippen molar-refractivity contribution in [3.05, 3.63) is 83.9 Å². The number of hydrogen-bond acceptors (Lipinski definition) is 4. The lowest BCUT2D eigenvalue weighted by Crippen LogP contribution is -2.11. The Morgan fingerprint density at radius 2 is 1.86 bits per heavy atom. The number of carbonyl (C=O) groups excluding carboxylic acids is 1. The molecule has 0 unspecified atom stereocenters. The average Bonchev–Trinajstić information content (AvgIpc) is 3.39. The fraction of sp³-hybridized carbons (Fsp3) is 0.0833. The predicted molar refractivity (Wildman–Crippen MR) is 115 cm³/mol. The Morgan fingerprint density at radius 1 is 1.10 bits per heavy atom. The van der Waals surface area contributed by atoms with Gasteiger partial charge in [-0.1, -0.05) is 18.2 Å². The van der Waals surface area contributed by atoms with E-state index >= 15 is 0 Å². The van der Waals surface area contributed by atoms with Gasteiger partial charge in [-0.3, -0.25) is 4.79 Å². The van der Waals surface area contributed by atoms with Crippen molar-refractivity contribution in [1.29, 1.82) is 5.26 Å². The zero-order valence-electron chi connectivity index (χ0n) is 16.2. The molecule has 2 aromatic heterocycles. The van der Waals surface area contributed by atoms with E-state index in [4.69, 9.17) is 9.68 Å². The Morgan fingerprint density at radius 3 is 2.52 bits per heavy atom. The van der Waals surface area contributed by atoms with Crippen LogP contribution in [0.1, 0.15) is 17.0 Å². The highest BCUT2D eigenvalue weighted by Crippen LogP contribution is 2.38. The fourth-order valence-corrected chi connectivity index (χ4v) is 3.55. The van der Waals surface area contributed by atoms with Gasteiger partial charge >= 0.3 is 0 Å². The summed E-state index contributed by atoms with van der Waals surface area (Å²) in [7, 11) is 3.96. The van der Waals surface area contributed by atoms with Crippen molar-refractivity contribution in [3.8, 4) is 6.07 Å². The van der Waals surface area contributed by atoms with Gasteiger partial charge in [0, 0.05) is 25.2 Å². The van der Waals surface area contributed by atoms with Gasteiger partial charge in [-0.25, -0.2) is 0 Å². The van der Waals surface area contributed by atoms with Gasteiger partial charge in [0.1, 0.15) is 5.76 Å². The number of allylic oxidation sites excluding steroid dienone is 1. The lowest BCUT2D eigenvalue weighted by Gasteiger charge is -2.20. The molecule has 5 heteroatoms. The van der Waals surface area contributed by atoms with Crippen LogP contribution in [-0.2, 0) is 11.8 Å². The van der Waals surface area contributed by atoms with E-state index in [0.717, 1.165) is 34.3 Å². The molecule has 0 radical (unpaired) electrons. The summed E-state index contributed by atoms with van der Waals surface area (Å²) >= 11 is 0. The third-order valence-corrected chi connectivity index (χ3v) is 5.07. The number of aryl methyl sites for hydroxylation is 1. The van der Waals surface area contributed by atoms with Crippen molar-refractivity contribution in [3.63, 3.8) is 0 Å². The van der Waals surface area contributed by atoms with Gasteiger partial charge in [0.05, 0.1) is 40.4 Å². The summed E-state index contributed by atoms with van der Waals surface area (Å²) in [6.07, 6.45) is 4.21. The summed E-state index contributed by atoms with van der Waals surface area (Å²) in [6, 6.07) is 21.2. The Kier molecular flexibility index (Phi) is 4.76. The van der Waals surface area contributed by atoms with Crippen molar-refractivity contribution >= 4 is 40.2 Å². The summed E-state index contributed by atoms with van der Waals surface area (Å²) in [6.45, 7) is 0. The first-order chi connectivity index (χ1) is 14.1. The second kappa shape index (κ2) is 7.53. The zero-order valence-corrected chi connectivity index (χ0v) is 16.2. The lowest BCUT2D eigenvalue weighted by atomic mass is 10.1. The molecule has 0 spiro atoms. The molecule has 2 heterocycles. The second-order valence-electron chi connectivity index (χ2n) is 6.72. The molecule has 0 bridgehead atoms. The minimum atomic E-state index is 0.468. The van der Waals surface area contributed by atoms with Crippen LogP contribution in [0.25, 0.3) is 22.6 Å². The summed E-state index contributed by atoms with van der Waals surface area (Å²) in [5, 5.41) is 10.1. The number of carbonyl (C=O) groups is 1. The van der Waals surface area contributed by atoms with Crippen LogP contribution in [0.3, 0.4) is 0 Å². The van der Waals surface area contributed by atoms with E-state index in [1.54, 1.807) is 30.5 Å². The second-order valence-corrected chi connectivity index (χ2v) is 6.72. The number of furan rings is 1. The van der Waals surface area contributed by atoms with E-state index in [9.17, 15) is 4.79 Å². The highest BCUT2D eigenvalue weighted by Gasteiger charge is 2.19. The number of para-hydroxylation sites is 1. The molecular formula is C24H19N3O2. The Balaban J connectivity index is 1.94. The van der Waals surface area contributed by atoms with Gasteiger partial charge in [-0.2, -0.15) is 5.26 Å². The number of anilines is 2. The molecular weight excluding hydrogens is 362 g/mol.